The van der Waals surface area contributed by atoms with Gasteiger partial charge in [-0.1, -0.05) is 31.5 Å². The fraction of sp³-hybridized carbons (Fsp3) is 0.417. The van der Waals surface area contributed by atoms with Gasteiger partial charge >= 0.3 is 5.97 Å². The van der Waals surface area contributed by atoms with Crippen LogP contribution in [0.25, 0.3) is 0 Å². The van der Waals surface area contributed by atoms with Crippen molar-refractivity contribution in [1.82, 2.24) is 0 Å². The molecule has 0 aromatic heterocycles. The largest absolute Gasteiger partial charge is 0.478 e. The highest BCUT2D eigenvalue weighted by molar-refractivity contribution is 7.99. The van der Waals surface area contributed by atoms with Gasteiger partial charge in [0.2, 0.25) is 0 Å². The molecule has 0 saturated carbocycles. The van der Waals surface area contributed by atoms with E-state index in [2.05, 4.69) is 13.8 Å². The third kappa shape index (κ3) is 3.72. The average Bonchev–Trinajstić information content (AvgIpc) is 2.26. The van der Waals surface area contributed by atoms with Crippen LogP contribution in [0.15, 0.2) is 18.2 Å². The Hall–Kier alpha value is -0.670. The number of carbonyl (C=O) groups is 1. The van der Waals surface area contributed by atoms with Gasteiger partial charge in [0, 0.05) is 16.0 Å². The van der Waals surface area contributed by atoms with Gasteiger partial charge in [0.05, 0.1) is 5.56 Å². The van der Waals surface area contributed by atoms with Gasteiger partial charge in [-0.25, -0.2) is 4.79 Å². The smallest absolute Gasteiger partial charge is 0.335 e. The summed E-state index contributed by atoms with van der Waals surface area (Å²) in [4.78, 5) is 10.7. The first kappa shape index (κ1) is 13.4. The summed E-state index contributed by atoms with van der Waals surface area (Å²) in [5.74, 6) is -0.115. The first-order chi connectivity index (χ1) is 7.54. The van der Waals surface area contributed by atoms with Crippen molar-refractivity contribution in [3.63, 3.8) is 0 Å². The van der Waals surface area contributed by atoms with Crippen LogP contribution < -0.4 is 0 Å². The van der Waals surface area contributed by atoms with Crippen molar-refractivity contribution < 1.29 is 9.90 Å². The summed E-state index contributed by atoms with van der Waals surface area (Å²) in [6, 6.07) is 4.90. The zero-order valence-corrected chi connectivity index (χ0v) is 10.9. The molecule has 0 spiro atoms. The Balaban J connectivity index is 2.72. The van der Waals surface area contributed by atoms with Crippen LogP contribution in [-0.4, -0.2) is 16.3 Å². The van der Waals surface area contributed by atoms with Gasteiger partial charge in [-0.05, 0) is 24.1 Å². The Morgan fingerprint density at radius 2 is 2.25 bits per heavy atom. The number of halogens is 1. The monoisotopic (exact) mass is 258 g/mol. The topological polar surface area (TPSA) is 37.3 Å². The standard InChI is InChI=1S/C12H15ClO2S/c1-3-8(2)16-7-10-5-4-9(12(14)15)6-11(10)13/h4-6,8H,3,7H2,1-2H3,(H,14,15). The second kappa shape index (κ2) is 6.16. The number of hydrogen-bond donors (Lipinski definition) is 1. The number of benzene rings is 1. The summed E-state index contributed by atoms with van der Waals surface area (Å²) in [5.41, 5.74) is 1.24. The average molecular weight is 259 g/mol. The van der Waals surface area contributed by atoms with Gasteiger partial charge in [-0.3, -0.25) is 0 Å². The minimum atomic E-state index is -0.942. The highest BCUT2D eigenvalue weighted by Crippen LogP contribution is 2.25. The number of rotatable bonds is 5. The normalized spacial score (nSPS) is 12.4. The predicted molar refractivity (Wildman–Crippen MR) is 69.5 cm³/mol. The molecule has 0 radical (unpaired) electrons. The molecule has 1 atom stereocenters. The lowest BCUT2D eigenvalue weighted by Crippen LogP contribution is -1.98. The van der Waals surface area contributed by atoms with Crippen LogP contribution in [0.5, 0.6) is 0 Å². The highest BCUT2D eigenvalue weighted by Gasteiger charge is 2.08. The lowest BCUT2D eigenvalue weighted by atomic mass is 10.1. The Bertz CT molecular complexity index is 379. The van der Waals surface area contributed by atoms with E-state index in [0.717, 1.165) is 17.7 Å². The third-order valence-corrected chi connectivity index (χ3v) is 4.13. The summed E-state index contributed by atoms with van der Waals surface area (Å²) < 4.78 is 0. The minimum Gasteiger partial charge on any atom is -0.478 e. The van der Waals surface area contributed by atoms with E-state index in [9.17, 15) is 4.79 Å². The van der Waals surface area contributed by atoms with E-state index in [-0.39, 0.29) is 5.56 Å². The van der Waals surface area contributed by atoms with Gasteiger partial charge in [-0.15, -0.1) is 0 Å². The summed E-state index contributed by atoms with van der Waals surface area (Å²) in [6.45, 7) is 4.32. The summed E-state index contributed by atoms with van der Waals surface area (Å²) in [7, 11) is 0. The van der Waals surface area contributed by atoms with Crippen molar-refractivity contribution in [1.29, 1.82) is 0 Å². The van der Waals surface area contributed by atoms with E-state index >= 15 is 0 Å². The number of carboxylic acid groups (broad SMARTS) is 1. The van der Waals surface area contributed by atoms with Crippen molar-refractivity contribution >= 4 is 29.3 Å². The van der Waals surface area contributed by atoms with Gasteiger partial charge < -0.3 is 5.11 Å². The first-order valence-corrected chi connectivity index (χ1v) is 6.60. The Morgan fingerprint density at radius 1 is 1.56 bits per heavy atom. The molecule has 2 nitrogen and oxygen atoms in total. The molecule has 1 rings (SSSR count). The van der Waals surface area contributed by atoms with E-state index < -0.39 is 5.97 Å². The zero-order chi connectivity index (χ0) is 12.1. The van der Waals surface area contributed by atoms with Gasteiger partial charge in [0.15, 0.2) is 0 Å². The number of thioether (sulfide) groups is 1. The Kier molecular flexibility index (Phi) is 5.16. The van der Waals surface area contributed by atoms with E-state index in [1.165, 1.54) is 6.07 Å². The van der Waals surface area contributed by atoms with Gasteiger partial charge in [0.25, 0.3) is 0 Å². The second-order valence-electron chi connectivity index (χ2n) is 3.64. The number of hydrogen-bond acceptors (Lipinski definition) is 2. The molecule has 88 valence electrons. The van der Waals surface area contributed by atoms with Crippen LogP contribution in [0.4, 0.5) is 0 Å². The van der Waals surface area contributed by atoms with Crippen LogP contribution in [0.2, 0.25) is 5.02 Å². The molecule has 1 aromatic carbocycles. The van der Waals surface area contributed by atoms with Gasteiger partial charge in [-0.2, -0.15) is 11.8 Å². The van der Waals surface area contributed by atoms with Crippen LogP contribution in [0.3, 0.4) is 0 Å². The summed E-state index contributed by atoms with van der Waals surface area (Å²) in [5, 5.41) is 9.92. The Morgan fingerprint density at radius 3 is 2.75 bits per heavy atom. The van der Waals surface area contributed by atoms with Crippen LogP contribution in [0.1, 0.15) is 36.2 Å². The molecule has 1 unspecified atom stereocenters. The molecule has 1 N–H and O–H groups in total. The maximum absolute atomic E-state index is 10.7. The third-order valence-electron chi connectivity index (χ3n) is 2.40. The van der Waals surface area contributed by atoms with Crippen LogP contribution in [-0.2, 0) is 5.75 Å². The van der Waals surface area contributed by atoms with E-state index in [0.29, 0.717) is 10.3 Å². The molecule has 0 aliphatic carbocycles. The van der Waals surface area contributed by atoms with Crippen LogP contribution >= 0.6 is 23.4 Å². The van der Waals surface area contributed by atoms with E-state index in [1.807, 2.05) is 11.8 Å². The maximum atomic E-state index is 10.7. The minimum absolute atomic E-state index is 0.238. The number of aromatic carboxylic acids is 1. The van der Waals surface area contributed by atoms with Crippen molar-refractivity contribution in [3.8, 4) is 0 Å². The molecule has 0 fully saturated rings. The van der Waals surface area contributed by atoms with Crippen LogP contribution in [0, 0.1) is 0 Å². The molecule has 16 heavy (non-hydrogen) atoms. The molecular weight excluding hydrogens is 244 g/mol. The second-order valence-corrected chi connectivity index (χ2v) is 5.48. The maximum Gasteiger partial charge on any atom is 0.335 e. The Labute approximate surface area is 105 Å². The lowest BCUT2D eigenvalue weighted by molar-refractivity contribution is 0.0697. The number of carboxylic acids is 1. The molecular formula is C12H15ClO2S. The molecule has 0 aliphatic rings. The predicted octanol–water partition coefficient (Wildman–Crippen LogP) is 4.07. The molecule has 0 heterocycles. The van der Waals surface area contributed by atoms with E-state index in [4.69, 9.17) is 16.7 Å². The molecule has 4 heteroatoms. The summed E-state index contributed by atoms with van der Waals surface area (Å²) >= 11 is 7.85. The van der Waals surface area contributed by atoms with Crippen molar-refractivity contribution in [2.75, 3.05) is 0 Å². The van der Waals surface area contributed by atoms with Crippen molar-refractivity contribution in [2.45, 2.75) is 31.3 Å². The zero-order valence-electron chi connectivity index (χ0n) is 9.37. The van der Waals surface area contributed by atoms with Gasteiger partial charge in [0.1, 0.15) is 0 Å². The quantitative estimate of drug-likeness (QED) is 0.865. The fourth-order valence-corrected chi connectivity index (χ4v) is 2.43. The molecule has 0 bridgehead atoms. The molecule has 0 saturated heterocycles. The van der Waals surface area contributed by atoms with Crippen molar-refractivity contribution in [3.05, 3.63) is 34.3 Å². The molecule has 0 aliphatic heterocycles. The molecule has 0 amide bonds. The highest BCUT2D eigenvalue weighted by atomic mass is 35.5. The SMILES string of the molecule is CCC(C)SCc1ccc(C(=O)O)cc1Cl. The fourth-order valence-electron chi connectivity index (χ4n) is 1.15. The first-order valence-electron chi connectivity index (χ1n) is 5.18. The summed E-state index contributed by atoms with van der Waals surface area (Å²) in [6.07, 6.45) is 1.12. The molecule has 1 aromatic rings. The lowest BCUT2D eigenvalue weighted by Gasteiger charge is -2.09. The van der Waals surface area contributed by atoms with Crippen molar-refractivity contribution in [2.24, 2.45) is 0 Å². The van der Waals surface area contributed by atoms with E-state index in [1.54, 1.807) is 12.1 Å².